The average Bonchev–Trinajstić information content (AvgIpc) is 2.77. The Labute approximate surface area is 186 Å². The number of carbonyl (C=O) groups is 2. The van der Waals surface area contributed by atoms with E-state index in [4.69, 9.17) is 4.74 Å². The Balaban J connectivity index is 1.94. The van der Waals surface area contributed by atoms with Gasteiger partial charge in [-0.3, -0.25) is 9.59 Å². The average molecular weight is 431 g/mol. The summed E-state index contributed by atoms with van der Waals surface area (Å²) in [6.07, 6.45) is -0.562. The minimum atomic E-state index is -0.544. The molecule has 6 heteroatoms. The van der Waals surface area contributed by atoms with Crippen molar-refractivity contribution in [1.82, 2.24) is 4.98 Å². The molecule has 0 N–H and O–H groups in total. The number of aromatic nitrogens is 1. The first-order chi connectivity index (χ1) is 15.0. The summed E-state index contributed by atoms with van der Waals surface area (Å²) in [5.41, 5.74) is 3.69. The topological polar surface area (TPSA) is 80.1 Å². The molecule has 0 fully saturated rings. The van der Waals surface area contributed by atoms with E-state index >= 15 is 0 Å². The number of carbonyl (C=O) groups excluding carboxylic acids is 2. The third kappa shape index (κ3) is 6.03. The summed E-state index contributed by atoms with van der Waals surface area (Å²) in [6.45, 7) is 3.47. The Bertz CT molecular complexity index is 1110. The number of pyridine rings is 1. The maximum atomic E-state index is 12.3. The number of nitriles is 1. The zero-order chi connectivity index (χ0) is 22.2. The van der Waals surface area contributed by atoms with E-state index in [1.807, 2.05) is 66.7 Å². The molecule has 0 amide bonds. The van der Waals surface area contributed by atoms with Crippen LogP contribution in [0.25, 0.3) is 22.4 Å². The zero-order valence-electron chi connectivity index (χ0n) is 17.4. The second kappa shape index (κ2) is 10.6. The fourth-order valence-corrected chi connectivity index (χ4v) is 3.86. The van der Waals surface area contributed by atoms with E-state index in [9.17, 15) is 14.9 Å². The van der Waals surface area contributed by atoms with Crippen molar-refractivity contribution in [3.8, 4) is 28.5 Å². The number of Topliss-reactive ketones (excluding diaryl/α,β-unsaturated/α-hetero) is 1. The second-order valence-corrected chi connectivity index (χ2v) is 8.09. The molecule has 0 aliphatic carbocycles. The quantitative estimate of drug-likeness (QED) is 0.274. The molecule has 0 atom stereocenters. The molecule has 2 aromatic carbocycles. The van der Waals surface area contributed by atoms with Crippen LogP contribution in [0.3, 0.4) is 0 Å². The molecule has 0 saturated carbocycles. The first-order valence-corrected chi connectivity index (χ1v) is 10.9. The number of esters is 1. The molecule has 0 saturated heterocycles. The summed E-state index contributed by atoms with van der Waals surface area (Å²) in [6, 6.07) is 23.4. The molecule has 5 nitrogen and oxygen atoms in total. The van der Waals surface area contributed by atoms with Crippen molar-refractivity contribution in [3.05, 3.63) is 72.3 Å². The van der Waals surface area contributed by atoms with Crippen molar-refractivity contribution in [2.75, 3.05) is 5.75 Å². The Morgan fingerprint density at radius 1 is 1.03 bits per heavy atom. The molecule has 1 aromatic heterocycles. The summed E-state index contributed by atoms with van der Waals surface area (Å²) >= 11 is 1.17. The highest BCUT2D eigenvalue weighted by Gasteiger charge is 2.18. The third-order valence-electron chi connectivity index (χ3n) is 4.33. The van der Waals surface area contributed by atoms with Gasteiger partial charge in [-0.2, -0.15) is 5.26 Å². The minimum absolute atomic E-state index is 0.0291. The number of ether oxygens (including phenoxy) is 1. The maximum absolute atomic E-state index is 12.3. The lowest BCUT2D eigenvalue weighted by molar-refractivity contribution is -0.149. The molecule has 31 heavy (non-hydrogen) atoms. The predicted octanol–water partition coefficient (Wildman–Crippen LogP) is 5.29. The van der Waals surface area contributed by atoms with E-state index < -0.39 is 5.97 Å². The Hall–Kier alpha value is -3.43. The van der Waals surface area contributed by atoms with Gasteiger partial charge in [0.15, 0.2) is 5.78 Å². The van der Waals surface area contributed by atoms with Gasteiger partial charge in [0.25, 0.3) is 0 Å². The maximum Gasteiger partial charge on any atom is 0.313 e. The van der Waals surface area contributed by atoms with Crippen molar-refractivity contribution in [2.24, 2.45) is 0 Å². The van der Waals surface area contributed by atoms with Crippen LogP contribution < -0.4 is 0 Å². The largest absolute Gasteiger partial charge is 0.463 e. The lowest BCUT2D eigenvalue weighted by Crippen LogP contribution is -2.16. The van der Waals surface area contributed by atoms with Crippen molar-refractivity contribution in [2.45, 2.75) is 31.4 Å². The van der Waals surface area contributed by atoms with Crippen LogP contribution in [0, 0.1) is 11.3 Å². The number of nitrogens with zero attached hydrogens (tertiary/aromatic N) is 2. The van der Waals surface area contributed by atoms with Crippen molar-refractivity contribution in [1.29, 1.82) is 5.26 Å². The highest BCUT2D eigenvalue weighted by Crippen LogP contribution is 2.34. The first-order valence-electron chi connectivity index (χ1n) is 9.88. The van der Waals surface area contributed by atoms with Crippen LogP contribution in [0.4, 0.5) is 0 Å². The van der Waals surface area contributed by atoms with Gasteiger partial charge in [-0.05, 0) is 25.5 Å². The van der Waals surface area contributed by atoms with Crippen LogP contribution in [0.5, 0.6) is 0 Å². The molecular formula is C25H22N2O3S. The van der Waals surface area contributed by atoms with Crippen LogP contribution in [0.2, 0.25) is 0 Å². The van der Waals surface area contributed by atoms with E-state index in [1.165, 1.54) is 11.8 Å². The van der Waals surface area contributed by atoms with Gasteiger partial charge < -0.3 is 4.74 Å². The summed E-state index contributed by atoms with van der Waals surface area (Å²) in [5.74, 6) is -0.786. The van der Waals surface area contributed by atoms with Crippen LogP contribution >= 0.6 is 11.8 Å². The van der Waals surface area contributed by atoms with Gasteiger partial charge in [-0.15, -0.1) is 0 Å². The van der Waals surface area contributed by atoms with Crippen molar-refractivity contribution >= 4 is 23.5 Å². The summed E-state index contributed by atoms with van der Waals surface area (Å²) in [7, 11) is 0. The molecular weight excluding hydrogens is 408 g/mol. The normalized spacial score (nSPS) is 10.5. The lowest BCUT2D eigenvalue weighted by atomic mass is 9.99. The van der Waals surface area contributed by atoms with Gasteiger partial charge in [0.2, 0.25) is 0 Å². The Morgan fingerprint density at radius 2 is 1.65 bits per heavy atom. The van der Waals surface area contributed by atoms with Crippen molar-refractivity contribution in [3.63, 3.8) is 0 Å². The van der Waals surface area contributed by atoms with Gasteiger partial charge >= 0.3 is 5.97 Å². The number of thioether (sulfide) groups is 1. The van der Waals surface area contributed by atoms with Crippen LogP contribution in [-0.4, -0.2) is 28.6 Å². The summed E-state index contributed by atoms with van der Waals surface area (Å²) in [4.78, 5) is 28.7. The van der Waals surface area contributed by atoms with Crippen LogP contribution in [-0.2, 0) is 14.3 Å². The fourth-order valence-electron chi connectivity index (χ4n) is 3.00. The fraction of sp³-hybridized carbons (Fsp3) is 0.200. The van der Waals surface area contributed by atoms with Gasteiger partial charge in [0.05, 0.1) is 23.1 Å². The van der Waals surface area contributed by atoms with Gasteiger partial charge in [-0.25, -0.2) is 4.98 Å². The number of benzene rings is 2. The van der Waals surface area contributed by atoms with Gasteiger partial charge in [-0.1, -0.05) is 72.4 Å². The summed E-state index contributed by atoms with van der Waals surface area (Å²) < 4.78 is 5.03. The number of ketones is 1. The minimum Gasteiger partial charge on any atom is -0.463 e. The highest BCUT2D eigenvalue weighted by molar-refractivity contribution is 8.00. The second-order valence-electron chi connectivity index (χ2n) is 7.12. The molecule has 0 aliphatic heterocycles. The van der Waals surface area contributed by atoms with Crippen molar-refractivity contribution < 1.29 is 14.3 Å². The molecule has 0 unspecified atom stereocenters. The molecule has 0 spiro atoms. The number of hydrogen-bond acceptors (Lipinski definition) is 6. The molecule has 0 radical (unpaired) electrons. The van der Waals surface area contributed by atoms with Crippen LogP contribution in [0.1, 0.15) is 25.8 Å². The van der Waals surface area contributed by atoms with Gasteiger partial charge in [0.1, 0.15) is 17.5 Å². The Kier molecular flexibility index (Phi) is 7.58. The summed E-state index contributed by atoms with van der Waals surface area (Å²) in [5, 5.41) is 10.3. The number of rotatable bonds is 8. The van der Waals surface area contributed by atoms with E-state index in [-0.39, 0.29) is 24.1 Å². The lowest BCUT2D eigenvalue weighted by Gasteiger charge is -2.12. The third-order valence-corrected chi connectivity index (χ3v) is 5.37. The first kappa shape index (κ1) is 22.3. The SMILES string of the molecule is CC(C)OC(=O)CC(=O)CSc1nc(-c2ccccc2)cc(-c2ccccc2)c1C#N. The van der Waals surface area contributed by atoms with E-state index in [0.717, 1.165) is 16.7 Å². The molecule has 0 bridgehead atoms. The molecule has 3 aromatic rings. The predicted molar refractivity (Wildman–Crippen MR) is 121 cm³/mol. The van der Waals surface area contributed by atoms with E-state index in [2.05, 4.69) is 11.1 Å². The van der Waals surface area contributed by atoms with E-state index in [0.29, 0.717) is 16.3 Å². The standard InChI is InChI=1S/C25H22N2O3S/c1-17(2)30-24(29)13-20(28)16-31-25-22(15-26)21(18-9-5-3-6-10-18)14-23(27-25)19-11-7-4-8-12-19/h3-12,14,17H,13,16H2,1-2H3. The molecule has 1 heterocycles. The monoisotopic (exact) mass is 430 g/mol. The highest BCUT2D eigenvalue weighted by atomic mass is 32.2. The van der Waals surface area contributed by atoms with E-state index in [1.54, 1.807) is 13.8 Å². The molecule has 0 aliphatic rings. The molecule has 3 rings (SSSR count). The zero-order valence-corrected chi connectivity index (χ0v) is 18.2. The number of hydrogen-bond donors (Lipinski definition) is 0. The smallest absolute Gasteiger partial charge is 0.313 e. The van der Waals surface area contributed by atoms with Crippen LogP contribution in [0.15, 0.2) is 71.8 Å². The Morgan fingerprint density at radius 3 is 2.23 bits per heavy atom. The van der Waals surface area contributed by atoms with Gasteiger partial charge in [0, 0.05) is 11.1 Å². The molecule has 156 valence electrons.